The van der Waals surface area contributed by atoms with Crippen molar-refractivity contribution in [2.45, 2.75) is 12.5 Å². The first-order valence-corrected chi connectivity index (χ1v) is 10.2. The number of amides is 1. The van der Waals surface area contributed by atoms with Gasteiger partial charge in [-0.2, -0.15) is 0 Å². The number of sulfone groups is 1. The third-order valence-electron chi connectivity index (χ3n) is 4.85. The van der Waals surface area contributed by atoms with Crippen LogP contribution >= 0.6 is 0 Å². The minimum absolute atomic E-state index is 0.0434. The van der Waals surface area contributed by atoms with E-state index in [1.165, 1.54) is 0 Å². The highest BCUT2D eigenvalue weighted by atomic mass is 32.2. The molecule has 1 amide bonds. The molecule has 25 heavy (non-hydrogen) atoms. The monoisotopic (exact) mass is 368 g/mol. The Morgan fingerprint density at radius 1 is 1.32 bits per heavy atom. The van der Waals surface area contributed by atoms with Crippen molar-refractivity contribution in [2.24, 2.45) is 0 Å². The van der Waals surface area contributed by atoms with Gasteiger partial charge in [0.2, 0.25) is 0 Å². The van der Waals surface area contributed by atoms with Crippen LogP contribution in [0.15, 0.2) is 18.2 Å². The van der Waals surface area contributed by atoms with Crippen LogP contribution in [-0.4, -0.2) is 77.2 Å². The largest absolute Gasteiger partial charge is 0.495 e. The first-order chi connectivity index (χ1) is 11.9. The minimum Gasteiger partial charge on any atom is -0.495 e. The summed E-state index contributed by atoms with van der Waals surface area (Å²) in [6, 6.07) is 5.08. The van der Waals surface area contributed by atoms with Gasteiger partial charge >= 0.3 is 0 Å². The molecule has 2 fully saturated rings. The smallest absolute Gasteiger partial charge is 0.253 e. The van der Waals surface area contributed by atoms with E-state index in [2.05, 4.69) is 4.90 Å². The van der Waals surface area contributed by atoms with Crippen molar-refractivity contribution < 1.29 is 22.7 Å². The molecule has 2 aliphatic rings. The Labute approximate surface area is 148 Å². The maximum absolute atomic E-state index is 12.8. The van der Waals surface area contributed by atoms with Crippen LogP contribution in [0.25, 0.3) is 0 Å². The van der Waals surface area contributed by atoms with Gasteiger partial charge in [-0.1, -0.05) is 0 Å². The number of ether oxygens (including phenoxy) is 2. The van der Waals surface area contributed by atoms with E-state index in [-0.39, 0.29) is 23.5 Å². The van der Waals surface area contributed by atoms with Crippen molar-refractivity contribution in [3.63, 3.8) is 0 Å². The molecule has 1 aromatic rings. The summed E-state index contributed by atoms with van der Waals surface area (Å²) in [4.78, 5) is 16.5. The molecule has 0 N–H and O–H groups in total. The number of morpholine rings is 1. The summed E-state index contributed by atoms with van der Waals surface area (Å²) in [7, 11) is 0.252. The Balaban J connectivity index is 1.82. The second-order valence-electron chi connectivity index (χ2n) is 6.46. The second kappa shape index (κ2) is 7.21. The second-order valence-corrected chi connectivity index (χ2v) is 8.69. The molecule has 0 bridgehead atoms. The lowest BCUT2D eigenvalue weighted by atomic mass is 10.1. The number of benzene rings is 1. The highest BCUT2D eigenvalue weighted by Gasteiger charge is 2.33. The Kier molecular flexibility index (Phi) is 5.19. The fraction of sp³-hybridized carbons (Fsp3) is 0.588. The van der Waals surface area contributed by atoms with Crippen LogP contribution in [0.3, 0.4) is 0 Å². The molecule has 3 rings (SSSR count). The molecule has 1 unspecified atom stereocenters. The summed E-state index contributed by atoms with van der Waals surface area (Å²) in [5.74, 6) is 0.738. The maximum Gasteiger partial charge on any atom is 0.253 e. The molecule has 1 aromatic carbocycles. The van der Waals surface area contributed by atoms with Crippen molar-refractivity contribution in [3.05, 3.63) is 23.8 Å². The van der Waals surface area contributed by atoms with E-state index in [4.69, 9.17) is 9.47 Å². The number of anilines is 1. The lowest BCUT2D eigenvalue weighted by Crippen LogP contribution is -2.38. The van der Waals surface area contributed by atoms with Gasteiger partial charge in [0.15, 0.2) is 9.84 Å². The van der Waals surface area contributed by atoms with Crippen LogP contribution in [0.4, 0.5) is 5.69 Å². The predicted molar refractivity (Wildman–Crippen MR) is 95.2 cm³/mol. The van der Waals surface area contributed by atoms with E-state index < -0.39 is 9.84 Å². The molecular formula is C17H24N2O5S. The molecule has 8 heteroatoms. The van der Waals surface area contributed by atoms with Gasteiger partial charge in [-0.15, -0.1) is 0 Å². The summed E-state index contributed by atoms with van der Waals surface area (Å²) in [5, 5.41) is 0. The Hall–Kier alpha value is -1.80. The Morgan fingerprint density at radius 2 is 2.04 bits per heavy atom. The van der Waals surface area contributed by atoms with Crippen LogP contribution in [0.5, 0.6) is 5.75 Å². The maximum atomic E-state index is 12.8. The van der Waals surface area contributed by atoms with Gasteiger partial charge in [0.05, 0.1) is 37.5 Å². The topological polar surface area (TPSA) is 76.2 Å². The lowest BCUT2D eigenvalue weighted by molar-refractivity contribution is 0.0747. The van der Waals surface area contributed by atoms with Crippen LogP contribution in [0, 0.1) is 0 Å². The van der Waals surface area contributed by atoms with Crippen LogP contribution < -0.4 is 9.64 Å². The van der Waals surface area contributed by atoms with Gasteiger partial charge in [0.1, 0.15) is 5.75 Å². The number of rotatable bonds is 4. The van der Waals surface area contributed by atoms with Crippen LogP contribution in [0.1, 0.15) is 16.8 Å². The van der Waals surface area contributed by atoms with Crippen molar-refractivity contribution in [1.82, 2.24) is 4.90 Å². The highest BCUT2D eigenvalue weighted by Crippen LogP contribution is 2.31. The third-order valence-corrected chi connectivity index (χ3v) is 6.60. The summed E-state index contributed by atoms with van der Waals surface area (Å²) in [5.41, 5.74) is 1.40. The third kappa shape index (κ3) is 3.90. The molecule has 0 aromatic heterocycles. The summed E-state index contributed by atoms with van der Waals surface area (Å²) in [6.07, 6.45) is 0.497. The quantitative estimate of drug-likeness (QED) is 0.782. The Morgan fingerprint density at radius 3 is 2.64 bits per heavy atom. The van der Waals surface area contributed by atoms with E-state index in [1.807, 2.05) is 6.07 Å². The Bertz CT molecular complexity index is 743. The fourth-order valence-corrected chi connectivity index (χ4v) is 5.10. The van der Waals surface area contributed by atoms with Crippen LogP contribution in [-0.2, 0) is 14.6 Å². The van der Waals surface area contributed by atoms with Crippen molar-refractivity contribution >= 4 is 21.4 Å². The molecule has 138 valence electrons. The first kappa shape index (κ1) is 18.0. The number of nitrogens with zero attached hydrogens (tertiary/aromatic N) is 2. The number of methoxy groups -OCH3 is 1. The first-order valence-electron chi connectivity index (χ1n) is 8.39. The van der Waals surface area contributed by atoms with Gasteiger partial charge in [0, 0.05) is 31.7 Å². The molecule has 2 heterocycles. The molecular weight excluding hydrogens is 344 g/mol. The molecule has 1 atom stereocenters. The van der Waals surface area contributed by atoms with Gasteiger partial charge < -0.3 is 19.3 Å². The predicted octanol–water partition coefficient (Wildman–Crippen LogP) is 0.791. The number of hydrogen-bond acceptors (Lipinski definition) is 6. The van der Waals surface area contributed by atoms with Crippen molar-refractivity contribution in [2.75, 3.05) is 56.9 Å². The normalized spacial score (nSPS) is 22.6. The van der Waals surface area contributed by atoms with E-state index in [0.29, 0.717) is 30.9 Å². The van der Waals surface area contributed by atoms with Gasteiger partial charge in [0.25, 0.3) is 5.91 Å². The SMILES string of the molecule is COc1ccc(C(=O)N(C)C2CCS(=O)(=O)C2)cc1N1CCOCC1. The molecule has 0 saturated carbocycles. The molecule has 2 saturated heterocycles. The molecule has 0 spiro atoms. The number of carbonyl (C=O) groups excluding carboxylic acids is 1. The number of hydrogen-bond donors (Lipinski definition) is 0. The van der Waals surface area contributed by atoms with Gasteiger partial charge in [-0.25, -0.2) is 8.42 Å². The van der Waals surface area contributed by atoms with E-state index in [0.717, 1.165) is 18.8 Å². The lowest BCUT2D eigenvalue weighted by Gasteiger charge is -2.31. The van der Waals surface area contributed by atoms with Crippen LogP contribution in [0.2, 0.25) is 0 Å². The summed E-state index contributed by atoms with van der Waals surface area (Å²) >= 11 is 0. The summed E-state index contributed by atoms with van der Waals surface area (Å²) < 4.78 is 34.2. The number of carbonyl (C=O) groups is 1. The zero-order chi connectivity index (χ0) is 18.0. The molecule has 0 radical (unpaired) electrons. The average Bonchev–Trinajstić information content (AvgIpc) is 3.00. The molecule has 7 nitrogen and oxygen atoms in total. The highest BCUT2D eigenvalue weighted by molar-refractivity contribution is 7.91. The van der Waals surface area contributed by atoms with E-state index in [1.54, 1.807) is 31.2 Å². The van der Waals surface area contributed by atoms with Gasteiger partial charge in [-0.3, -0.25) is 4.79 Å². The molecule has 0 aliphatic carbocycles. The minimum atomic E-state index is -3.03. The fourth-order valence-electron chi connectivity index (χ4n) is 3.32. The van der Waals surface area contributed by atoms with Crippen molar-refractivity contribution in [3.8, 4) is 5.75 Å². The zero-order valence-corrected chi connectivity index (χ0v) is 15.4. The average molecular weight is 368 g/mol. The van der Waals surface area contributed by atoms with Crippen molar-refractivity contribution in [1.29, 1.82) is 0 Å². The standard InChI is InChI=1S/C17H24N2O5S/c1-18(14-5-10-25(21,22)12-14)17(20)13-3-4-16(23-2)15(11-13)19-6-8-24-9-7-19/h3-4,11,14H,5-10,12H2,1-2H3. The van der Waals surface area contributed by atoms with Gasteiger partial charge in [-0.05, 0) is 24.6 Å². The molecule has 2 aliphatic heterocycles. The van der Waals surface area contributed by atoms with E-state index >= 15 is 0 Å². The summed E-state index contributed by atoms with van der Waals surface area (Å²) in [6.45, 7) is 2.76. The van der Waals surface area contributed by atoms with E-state index in [9.17, 15) is 13.2 Å². The zero-order valence-electron chi connectivity index (χ0n) is 14.6.